The molecule has 1 aromatic rings. The average Bonchev–Trinajstić information content (AvgIpc) is 2.66. The van der Waals surface area contributed by atoms with Gasteiger partial charge in [-0.1, -0.05) is 12.1 Å². The minimum atomic E-state index is -2.83. The lowest BCUT2D eigenvalue weighted by atomic mass is 10.0. The summed E-state index contributed by atoms with van der Waals surface area (Å²) in [7, 11) is 3.57. The molecule has 0 saturated carbocycles. The van der Waals surface area contributed by atoms with E-state index in [1.807, 2.05) is 16.8 Å². The number of piperidine rings is 1. The van der Waals surface area contributed by atoms with Crippen LogP contribution < -0.4 is 10.1 Å². The molecule has 0 radical (unpaired) electrons. The molecule has 1 aliphatic rings. The summed E-state index contributed by atoms with van der Waals surface area (Å²) in [5, 5.41) is 3.22. The zero-order valence-corrected chi connectivity index (χ0v) is 19.6. The summed E-state index contributed by atoms with van der Waals surface area (Å²) in [6.07, 6.45) is 3.77. The van der Waals surface area contributed by atoms with Crippen LogP contribution in [0, 0.1) is 0 Å². The second-order valence-electron chi connectivity index (χ2n) is 7.03. The van der Waals surface area contributed by atoms with Gasteiger partial charge in [-0.3, -0.25) is 9.79 Å². The molecule has 164 valence electrons. The van der Waals surface area contributed by atoms with E-state index in [9.17, 15) is 13.6 Å². The highest BCUT2D eigenvalue weighted by molar-refractivity contribution is 14.0. The van der Waals surface area contributed by atoms with Crippen molar-refractivity contribution in [3.8, 4) is 5.75 Å². The van der Waals surface area contributed by atoms with E-state index in [2.05, 4.69) is 22.0 Å². The molecule has 6 nitrogen and oxygen atoms in total. The van der Waals surface area contributed by atoms with Crippen molar-refractivity contribution < 1.29 is 18.3 Å². The van der Waals surface area contributed by atoms with Crippen molar-refractivity contribution in [2.45, 2.75) is 51.8 Å². The Morgan fingerprint density at radius 2 is 2.03 bits per heavy atom. The molecule has 1 unspecified atom stereocenters. The number of halogens is 3. The van der Waals surface area contributed by atoms with Gasteiger partial charge in [-0.05, 0) is 43.9 Å². The first-order valence-corrected chi connectivity index (χ1v) is 9.65. The maximum atomic E-state index is 12.4. The molecular formula is C20H31F2IN4O2. The van der Waals surface area contributed by atoms with Gasteiger partial charge in [0.05, 0.1) is 0 Å². The van der Waals surface area contributed by atoms with Crippen molar-refractivity contribution in [1.29, 1.82) is 0 Å². The predicted molar refractivity (Wildman–Crippen MR) is 121 cm³/mol. The van der Waals surface area contributed by atoms with Gasteiger partial charge in [-0.25, -0.2) is 0 Å². The normalized spacial score (nSPS) is 17.0. The molecule has 1 saturated heterocycles. The number of rotatable bonds is 7. The Morgan fingerprint density at radius 3 is 2.62 bits per heavy atom. The molecule has 1 N–H and O–H groups in total. The van der Waals surface area contributed by atoms with Crippen molar-refractivity contribution in [3.05, 3.63) is 29.8 Å². The van der Waals surface area contributed by atoms with E-state index in [1.54, 1.807) is 19.2 Å². The topological polar surface area (TPSA) is 57.2 Å². The molecule has 0 spiro atoms. The summed E-state index contributed by atoms with van der Waals surface area (Å²) >= 11 is 0. The van der Waals surface area contributed by atoms with Crippen molar-refractivity contribution in [2.75, 3.05) is 27.2 Å². The molecular weight excluding hydrogens is 493 g/mol. The molecule has 1 fully saturated rings. The van der Waals surface area contributed by atoms with E-state index < -0.39 is 6.61 Å². The quantitative estimate of drug-likeness (QED) is 0.336. The number of hydrogen-bond donors (Lipinski definition) is 1. The standard InChI is InChI=1S/C20H30F2N4O2.HI/c1-15-6-4-5-13-26(15)18(27)11-12-24-20(23-2)25(3)14-16-7-9-17(10-8-16)28-19(21)22;/h7-10,15,19H,4-6,11-14H2,1-3H3,(H,23,24);1H. The molecule has 2 rings (SSSR count). The summed E-state index contributed by atoms with van der Waals surface area (Å²) in [5.41, 5.74) is 0.935. The van der Waals surface area contributed by atoms with Crippen molar-refractivity contribution in [2.24, 2.45) is 4.99 Å². The number of carbonyl (C=O) groups is 1. The number of ether oxygens (including phenoxy) is 1. The van der Waals surface area contributed by atoms with Crippen LogP contribution in [-0.4, -0.2) is 61.5 Å². The highest BCUT2D eigenvalue weighted by atomic mass is 127. The Balaban J connectivity index is 0.00000420. The molecule has 1 atom stereocenters. The van der Waals surface area contributed by atoms with Crippen LogP contribution >= 0.6 is 24.0 Å². The van der Waals surface area contributed by atoms with Crippen LogP contribution in [0.3, 0.4) is 0 Å². The Morgan fingerprint density at radius 1 is 1.34 bits per heavy atom. The fourth-order valence-corrected chi connectivity index (χ4v) is 3.40. The molecule has 1 aromatic carbocycles. The third kappa shape index (κ3) is 8.31. The molecule has 1 amide bonds. The van der Waals surface area contributed by atoms with Gasteiger partial charge in [0.2, 0.25) is 5.91 Å². The average molecular weight is 524 g/mol. The highest BCUT2D eigenvalue weighted by Gasteiger charge is 2.22. The maximum Gasteiger partial charge on any atom is 0.387 e. The summed E-state index contributed by atoms with van der Waals surface area (Å²) in [5.74, 6) is 0.981. The summed E-state index contributed by atoms with van der Waals surface area (Å²) in [4.78, 5) is 20.5. The van der Waals surface area contributed by atoms with Crippen LogP contribution in [0.1, 0.15) is 38.2 Å². The number of amides is 1. The molecule has 9 heteroatoms. The zero-order valence-electron chi connectivity index (χ0n) is 17.2. The predicted octanol–water partition coefficient (Wildman–Crippen LogP) is 3.70. The van der Waals surface area contributed by atoms with Gasteiger partial charge < -0.3 is 19.9 Å². The monoisotopic (exact) mass is 524 g/mol. The number of carbonyl (C=O) groups excluding carboxylic acids is 1. The molecule has 0 aromatic heterocycles. The van der Waals surface area contributed by atoms with Crippen LogP contribution in [-0.2, 0) is 11.3 Å². The number of nitrogens with one attached hydrogen (secondary N) is 1. The number of alkyl halides is 2. The van der Waals surface area contributed by atoms with Crippen LogP contribution in [0.15, 0.2) is 29.3 Å². The van der Waals surface area contributed by atoms with E-state index in [-0.39, 0.29) is 35.6 Å². The Kier molecular flexibility index (Phi) is 11.2. The number of nitrogens with zero attached hydrogens (tertiary/aromatic N) is 3. The second-order valence-corrected chi connectivity index (χ2v) is 7.03. The third-order valence-electron chi connectivity index (χ3n) is 4.89. The number of aliphatic imine (C=N–C) groups is 1. The van der Waals surface area contributed by atoms with E-state index in [0.29, 0.717) is 31.5 Å². The van der Waals surface area contributed by atoms with Crippen LogP contribution in [0.25, 0.3) is 0 Å². The minimum Gasteiger partial charge on any atom is -0.435 e. The van der Waals surface area contributed by atoms with E-state index in [4.69, 9.17) is 0 Å². The van der Waals surface area contributed by atoms with E-state index in [0.717, 1.165) is 24.9 Å². The summed E-state index contributed by atoms with van der Waals surface area (Å²) < 4.78 is 28.8. The van der Waals surface area contributed by atoms with Gasteiger partial charge in [-0.15, -0.1) is 24.0 Å². The molecule has 1 heterocycles. The van der Waals surface area contributed by atoms with Gasteiger partial charge in [0, 0.05) is 46.2 Å². The molecule has 0 aliphatic carbocycles. The van der Waals surface area contributed by atoms with Gasteiger partial charge >= 0.3 is 6.61 Å². The lowest BCUT2D eigenvalue weighted by Crippen LogP contribution is -2.44. The number of likely N-dealkylation sites (tertiary alicyclic amines) is 1. The van der Waals surface area contributed by atoms with Gasteiger partial charge in [0.15, 0.2) is 5.96 Å². The SMILES string of the molecule is CN=C(NCCC(=O)N1CCCCC1C)N(C)Cc1ccc(OC(F)F)cc1.I. The lowest BCUT2D eigenvalue weighted by molar-refractivity contribution is -0.134. The summed E-state index contributed by atoms with van der Waals surface area (Å²) in [6, 6.07) is 6.83. The van der Waals surface area contributed by atoms with Crippen LogP contribution in [0.4, 0.5) is 8.78 Å². The Labute approximate surface area is 188 Å². The fourth-order valence-electron chi connectivity index (χ4n) is 3.40. The van der Waals surface area contributed by atoms with Crippen LogP contribution in [0.5, 0.6) is 5.75 Å². The minimum absolute atomic E-state index is 0. The smallest absolute Gasteiger partial charge is 0.387 e. The molecule has 29 heavy (non-hydrogen) atoms. The molecule has 1 aliphatic heterocycles. The number of hydrogen-bond acceptors (Lipinski definition) is 3. The van der Waals surface area contributed by atoms with Crippen molar-refractivity contribution >= 4 is 35.8 Å². The summed E-state index contributed by atoms with van der Waals surface area (Å²) in [6.45, 7) is 1.19. The van der Waals surface area contributed by atoms with Crippen LogP contribution in [0.2, 0.25) is 0 Å². The highest BCUT2D eigenvalue weighted by Crippen LogP contribution is 2.17. The largest absolute Gasteiger partial charge is 0.435 e. The second kappa shape index (κ2) is 12.8. The first-order chi connectivity index (χ1) is 13.4. The number of guanidine groups is 1. The van der Waals surface area contributed by atoms with Gasteiger partial charge in [0.25, 0.3) is 0 Å². The van der Waals surface area contributed by atoms with E-state index >= 15 is 0 Å². The van der Waals surface area contributed by atoms with Crippen molar-refractivity contribution in [1.82, 2.24) is 15.1 Å². The Hall–Kier alpha value is -1.65. The van der Waals surface area contributed by atoms with E-state index in [1.165, 1.54) is 18.6 Å². The first kappa shape index (κ1) is 25.4. The third-order valence-corrected chi connectivity index (χ3v) is 4.89. The fraction of sp³-hybridized carbons (Fsp3) is 0.600. The maximum absolute atomic E-state index is 12.4. The Bertz CT molecular complexity index is 658. The zero-order chi connectivity index (χ0) is 20.5. The van der Waals surface area contributed by atoms with Gasteiger partial charge in [-0.2, -0.15) is 8.78 Å². The lowest BCUT2D eigenvalue weighted by Gasteiger charge is -2.33. The number of benzene rings is 1. The van der Waals surface area contributed by atoms with Crippen molar-refractivity contribution in [3.63, 3.8) is 0 Å². The van der Waals surface area contributed by atoms with Gasteiger partial charge in [0.1, 0.15) is 5.75 Å². The molecule has 0 bridgehead atoms. The first-order valence-electron chi connectivity index (χ1n) is 9.65.